The molecule has 3 heteroatoms. The summed E-state index contributed by atoms with van der Waals surface area (Å²) in [6.45, 7) is 8.17. The minimum atomic E-state index is -0.233. The maximum Gasteiger partial charge on any atom is 0.334 e. The zero-order valence-electron chi connectivity index (χ0n) is 11.1. The minimum Gasteiger partial charge on any atom is -0.455 e. The Morgan fingerprint density at radius 2 is 2.28 bits per heavy atom. The molecule has 0 bridgehead atoms. The average Bonchev–Trinajstić information content (AvgIpc) is 2.90. The van der Waals surface area contributed by atoms with E-state index < -0.39 is 0 Å². The standard InChI is InChI=1S/C15H20O3/c1-9-5-4-8-15(3)13(18-15)12-11(7-6-9)10(2)14(16)17-12/h5,11-13H,2,4,6-8H2,1,3H3/t11-,12-,13+,15+/m0/s1. The molecule has 2 saturated heterocycles. The maximum atomic E-state index is 11.7. The van der Waals surface area contributed by atoms with Gasteiger partial charge in [-0.2, -0.15) is 0 Å². The lowest BCUT2D eigenvalue weighted by molar-refractivity contribution is -0.140. The molecule has 2 heterocycles. The second-order valence-electron chi connectivity index (χ2n) is 5.98. The van der Waals surface area contributed by atoms with E-state index in [0.29, 0.717) is 5.57 Å². The van der Waals surface area contributed by atoms with E-state index in [1.807, 2.05) is 0 Å². The lowest BCUT2D eigenvalue weighted by atomic mass is 9.84. The second-order valence-corrected chi connectivity index (χ2v) is 5.98. The predicted molar refractivity (Wildman–Crippen MR) is 68.0 cm³/mol. The fourth-order valence-corrected chi connectivity index (χ4v) is 3.20. The van der Waals surface area contributed by atoms with Crippen LogP contribution in [0.2, 0.25) is 0 Å². The molecule has 0 aromatic heterocycles. The number of esters is 1. The monoisotopic (exact) mass is 248 g/mol. The Labute approximate surface area is 108 Å². The molecule has 0 aromatic rings. The van der Waals surface area contributed by atoms with Crippen molar-refractivity contribution in [3.63, 3.8) is 0 Å². The Hall–Kier alpha value is -1.09. The van der Waals surface area contributed by atoms with Crippen molar-refractivity contribution < 1.29 is 14.3 Å². The van der Waals surface area contributed by atoms with Gasteiger partial charge in [0.05, 0.1) is 5.60 Å². The highest BCUT2D eigenvalue weighted by atomic mass is 16.6. The van der Waals surface area contributed by atoms with Gasteiger partial charge in [-0.1, -0.05) is 18.2 Å². The van der Waals surface area contributed by atoms with Crippen LogP contribution in [0, 0.1) is 5.92 Å². The number of epoxide rings is 1. The van der Waals surface area contributed by atoms with Crippen molar-refractivity contribution in [3.8, 4) is 0 Å². The number of allylic oxidation sites excluding steroid dienone is 2. The van der Waals surface area contributed by atoms with Crippen LogP contribution < -0.4 is 0 Å². The van der Waals surface area contributed by atoms with Crippen LogP contribution in [-0.2, 0) is 14.3 Å². The molecule has 2 aliphatic heterocycles. The van der Waals surface area contributed by atoms with E-state index in [9.17, 15) is 4.79 Å². The highest BCUT2D eigenvalue weighted by Gasteiger charge is 2.61. The van der Waals surface area contributed by atoms with E-state index in [2.05, 4.69) is 26.5 Å². The van der Waals surface area contributed by atoms with E-state index in [1.54, 1.807) is 0 Å². The van der Waals surface area contributed by atoms with Gasteiger partial charge in [-0.15, -0.1) is 0 Å². The third-order valence-corrected chi connectivity index (χ3v) is 4.57. The molecular weight excluding hydrogens is 228 g/mol. The van der Waals surface area contributed by atoms with Gasteiger partial charge >= 0.3 is 5.97 Å². The Morgan fingerprint density at radius 1 is 1.50 bits per heavy atom. The summed E-state index contributed by atoms with van der Waals surface area (Å²) in [5.74, 6) is -0.102. The van der Waals surface area contributed by atoms with Gasteiger partial charge < -0.3 is 9.47 Å². The second kappa shape index (κ2) is 3.95. The van der Waals surface area contributed by atoms with Gasteiger partial charge in [0, 0.05) is 11.5 Å². The summed E-state index contributed by atoms with van der Waals surface area (Å²) in [6, 6.07) is 0. The number of ether oxygens (including phenoxy) is 2. The first kappa shape index (κ1) is 12.0. The molecular formula is C15H20O3. The van der Waals surface area contributed by atoms with Crippen molar-refractivity contribution in [2.45, 2.75) is 57.3 Å². The first-order chi connectivity index (χ1) is 8.51. The SMILES string of the molecule is C=C1C(=O)O[C@@H]2[C@H]3O[C@]3(C)CCC=C(C)CC[C@@H]12. The number of carbonyl (C=O) groups is 1. The van der Waals surface area contributed by atoms with Gasteiger partial charge in [0.15, 0.2) is 0 Å². The Balaban J connectivity index is 1.87. The summed E-state index contributed by atoms with van der Waals surface area (Å²) in [7, 11) is 0. The van der Waals surface area contributed by atoms with Gasteiger partial charge in [0.2, 0.25) is 0 Å². The van der Waals surface area contributed by atoms with Crippen LogP contribution in [0.1, 0.15) is 39.5 Å². The van der Waals surface area contributed by atoms with Crippen LogP contribution in [0.4, 0.5) is 0 Å². The number of hydrogen-bond donors (Lipinski definition) is 0. The first-order valence-corrected chi connectivity index (χ1v) is 6.74. The Morgan fingerprint density at radius 3 is 3.06 bits per heavy atom. The molecule has 0 N–H and O–H groups in total. The van der Waals surface area contributed by atoms with Crippen LogP contribution in [-0.4, -0.2) is 23.8 Å². The first-order valence-electron chi connectivity index (χ1n) is 6.74. The summed E-state index contributed by atoms with van der Waals surface area (Å²) in [5.41, 5.74) is 1.91. The Bertz CT molecular complexity index is 437. The largest absolute Gasteiger partial charge is 0.455 e. The zero-order chi connectivity index (χ0) is 12.9. The van der Waals surface area contributed by atoms with Crippen molar-refractivity contribution in [2.24, 2.45) is 5.92 Å². The lowest BCUT2D eigenvalue weighted by Gasteiger charge is -2.19. The molecule has 3 rings (SSSR count). The van der Waals surface area contributed by atoms with Gasteiger partial charge in [-0.3, -0.25) is 0 Å². The minimum absolute atomic E-state index is 0.0671. The van der Waals surface area contributed by atoms with Crippen molar-refractivity contribution in [2.75, 3.05) is 0 Å². The summed E-state index contributed by atoms with van der Waals surface area (Å²) < 4.78 is 11.3. The fraction of sp³-hybridized carbons (Fsp3) is 0.667. The third-order valence-electron chi connectivity index (χ3n) is 4.57. The summed E-state index contributed by atoms with van der Waals surface area (Å²) >= 11 is 0. The fourth-order valence-electron chi connectivity index (χ4n) is 3.20. The van der Waals surface area contributed by atoms with Crippen LogP contribution in [0.15, 0.2) is 23.8 Å². The summed E-state index contributed by atoms with van der Waals surface area (Å²) in [4.78, 5) is 11.7. The van der Waals surface area contributed by atoms with Crippen molar-refractivity contribution in [1.29, 1.82) is 0 Å². The molecule has 3 aliphatic rings. The number of carbonyl (C=O) groups excluding carboxylic acids is 1. The maximum absolute atomic E-state index is 11.7. The predicted octanol–water partition coefficient (Wildman–Crippen LogP) is 2.76. The van der Waals surface area contributed by atoms with Crippen molar-refractivity contribution in [3.05, 3.63) is 23.8 Å². The summed E-state index contributed by atoms with van der Waals surface area (Å²) in [5, 5.41) is 0. The lowest BCUT2D eigenvalue weighted by Crippen LogP contribution is -2.28. The molecule has 0 radical (unpaired) electrons. The quantitative estimate of drug-likeness (QED) is 0.286. The molecule has 0 saturated carbocycles. The molecule has 0 aromatic carbocycles. The van der Waals surface area contributed by atoms with E-state index in [1.165, 1.54) is 5.57 Å². The number of fused-ring (bicyclic) bond motifs is 3. The van der Waals surface area contributed by atoms with Crippen LogP contribution >= 0.6 is 0 Å². The summed E-state index contributed by atoms with van der Waals surface area (Å²) in [6.07, 6.45) is 6.25. The van der Waals surface area contributed by atoms with E-state index in [-0.39, 0.29) is 29.7 Å². The van der Waals surface area contributed by atoms with Crippen molar-refractivity contribution in [1.82, 2.24) is 0 Å². The zero-order valence-corrected chi connectivity index (χ0v) is 11.1. The highest BCUT2D eigenvalue weighted by molar-refractivity contribution is 5.91. The van der Waals surface area contributed by atoms with Gasteiger partial charge in [0.25, 0.3) is 0 Å². The molecule has 0 amide bonds. The highest BCUT2D eigenvalue weighted by Crippen LogP contribution is 2.49. The Kier molecular flexibility index (Phi) is 2.63. The molecule has 0 spiro atoms. The number of rotatable bonds is 0. The van der Waals surface area contributed by atoms with Gasteiger partial charge in [-0.25, -0.2) is 4.79 Å². The smallest absolute Gasteiger partial charge is 0.334 e. The molecule has 4 atom stereocenters. The van der Waals surface area contributed by atoms with E-state index in [0.717, 1.165) is 25.7 Å². The molecule has 18 heavy (non-hydrogen) atoms. The molecule has 2 fully saturated rings. The topological polar surface area (TPSA) is 38.8 Å². The normalized spacial score (nSPS) is 43.7. The van der Waals surface area contributed by atoms with Gasteiger partial charge in [0.1, 0.15) is 12.2 Å². The van der Waals surface area contributed by atoms with Gasteiger partial charge in [-0.05, 0) is 39.5 Å². The molecule has 98 valence electrons. The molecule has 1 aliphatic carbocycles. The average molecular weight is 248 g/mol. The third kappa shape index (κ3) is 1.81. The molecule has 3 nitrogen and oxygen atoms in total. The van der Waals surface area contributed by atoms with E-state index in [4.69, 9.17) is 9.47 Å². The van der Waals surface area contributed by atoms with Crippen LogP contribution in [0.25, 0.3) is 0 Å². The van der Waals surface area contributed by atoms with E-state index >= 15 is 0 Å². The number of hydrogen-bond acceptors (Lipinski definition) is 3. The van der Waals surface area contributed by atoms with Crippen molar-refractivity contribution >= 4 is 5.97 Å². The van der Waals surface area contributed by atoms with Crippen LogP contribution in [0.3, 0.4) is 0 Å². The van der Waals surface area contributed by atoms with Crippen LogP contribution in [0.5, 0.6) is 0 Å². The molecule has 0 unspecified atom stereocenters.